The van der Waals surface area contributed by atoms with Crippen LogP contribution in [0.2, 0.25) is 0 Å². The van der Waals surface area contributed by atoms with E-state index < -0.39 is 0 Å². The maximum Gasteiger partial charge on any atom is 0.207 e. The van der Waals surface area contributed by atoms with Gasteiger partial charge >= 0.3 is 0 Å². The SMILES string of the molecule is Oc1ccc(C2=NN(c3nc(-c4ccc(-c5ccccc5)cc4)cs3)C(c3ccccc3)C2)cc1. The zero-order valence-electron chi connectivity index (χ0n) is 19.0. The van der Waals surface area contributed by atoms with Gasteiger partial charge in [-0.1, -0.05) is 84.9 Å². The number of hydrogen-bond acceptors (Lipinski definition) is 5. The lowest BCUT2D eigenvalue weighted by atomic mass is 9.98. The third-order valence-corrected chi connectivity index (χ3v) is 7.10. The Morgan fingerprint density at radius 1 is 0.686 bits per heavy atom. The minimum Gasteiger partial charge on any atom is -0.508 e. The van der Waals surface area contributed by atoms with Crippen LogP contribution in [0.3, 0.4) is 0 Å². The summed E-state index contributed by atoms with van der Waals surface area (Å²) in [6, 6.07) is 36.7. The molecule has 0 amide bonds. The molecule has 0 saturated heterocycles. The lowest BCUT2D eigenvalue weighted by Gasteiger charge is -2.21. The number of nitrogens with zero attached hydrogens (tertiary/aromatic N) is 3. The first-order valence-electron chi connectivity index (χ1n) is 11.6. The van der Waals surface area contributed by atoms with Gasteiger partial charge in [0, 0.05) is 17.4 Å². The van der Waals surface area contributed by atoms with Gasteiger partial charge in [-0.3, -0.25) is 0 Å². The van der Waals surface area contributed by atoms with Crippen LogP contribution in [-0.2, 0) is 0 Å². The number of thiazole rings is 1. The molecule has 170 valence electrons. The van der Waals surface area contributed by atoms with E-state index in [0.717, 1.165) is 34.1 Å². The van der Waals surface area contributed by atoms with Gasteiger partial charge in [0.05, 0.1) is 17.4 Å². The van der Waals surface area contributed by atoms with Crippen LogP contribution in [-0.4, -0.2) is 15.8 Å². The molecular formula is C30H23N3OS. The van der Waals surface area contributed by atoms with Crippen LogP contribution in [0.5, 0.6) is 5.75 Å². The van der Waals surface area contributed by atoms with Gasteiger partial charge < -0.3 is 5.11 Å². The zero-order valence-corrected chi connectivity index (χ0v) is 19.8. The van der Waals surface area contributed by atoms with Crippen LogP contribution in [0, 0.1) is 0 Å². The van der Waals surface area contributed by atoms with Gasteiger partial charge in [-0.15, -0.1) is 11.3 Å². The van der Waals surface area contributed by atoms with E-state index in [9.17, 15) is 5.11 Å². The predicted octanol–water partition coefficient (Wildman–Crippen LogP) is 7.54. The molecule has 4 nitrogen and oxygen atoms in total. The Hall–Kier alpha value is -4.22. The van der Waals surface area contributed by atoms with Crippen molar-refractivity contribution in [2.24, 2.45) is 5.10 Å². The molecule has 0 fully saturated rings. The third kappa shape index (κ3) is 4.34. The van der Waals surface area contributed by atoms with Crippen molar-refractivity contribution < 1.29 is 5.11 Å². The van der Waals surface area contributed by atoms with E-state index >= 15 is 0 Å². The summed E-state index contributed by atoms with van der Waals surface area (Å²) in [6.07, 6.45) is 0.773. The Morgan fingerprint density at radius 2 is 1.29 bits per heavy atom. The minimum atomic E-state index is 0.0689. The smallest absolute Gasteiger partial charge is 0.207 e. The summed E-state index contributed by atoms with van der Waals surface area (Å²) in [5.74, 6) is 0.256. The van der Waals surface area contributed by atoms with Crippen LogP contribution >= 0.6 is 11.3 Å². The second-order valence-corrected chi connectivity index (χ2v) is 9.36. The van der Waals surface area contributed by atoms with Crippen molar-refractivity contribution in [2.75, 3.05) is 5.01 Å². The lowest BCUT2D eigenvalue weighted by Crippen LogP contribution is -2.18. The molecule has 35 heavy (non-hydrogen) atoms. The van der Waals surface area contributed by atoms with Crippen molar-refractivity contribution in [3.63, 3.8) is 0 Å². The van der Waals surface area contributed by atoms with Gasteiger partial charge in [-0.25, -0.2) is 9.99 Å². The van der Waals surface area contributed by atoms with E-state index in [2.05, 4.69) is 78.2 Å². The largest absolute Gasteiger partial charge is 0.508 e. The highest BCUT2D eigenvalue weighted by molar-refractivity contribution is 7.14. The second kappa shape index (κ2) is 9.20. The highest BCUT2D eigenvalue weighted by atomic mass is 32.1. The fourth-order valence-corrected chi connectivity index (χ4v) is 5.25. The summed E-state index contributed by atoms with van der Waals surface area (Å²) < 4.78 is 0. The van der Waals surface area contributed by atoms with Crippen LogP contribution in [0.25, 0.3) is 22.4 Å². The Bertz CT molecular complexity index is 1460. The van der Waals surface area contributed by atoms with E-state index in [1.54, 1.807) is 23.5 Å². The minimum absolute atomic E-state index is 0.0689. The molecular weight excluding hydrogens is 450 g/mol. The molecule has 6 rings (SSSR count). The summed E-state index contributed by atoms with van der Waals surface area (Å²) in [6.45, 7) is 0. The zero-order chi connectivity index (χ0) is 23.6. The van der Waals surface area contributed by atoms with E-state index in [0.29, 0.717) is 0 Å². The van der Waals surface area contributed by atoms with E-state index in [1.165, 1.54) is 16.7 Å². The van der Waals surface area contributed by atoms with Crippen molar-refractivity contribution in [1.82, 2.24) is 4.98 Å². The third-order valence-electron chi connectivity index (χ3n) is 6.27. The van der Waals surface area contributed by atoms with Crippen molar-refractivity contribution in [3.8, 4) is 28.1 Å². The van der Waals surface area contributed by atoms with Gasteiger partial charge in [-0.05, 0) is 46.5 Å². The maximum atomic E-state index is 9.69. The first kappa shape index (κ1) is 21.3. The number of aromatic hydroxyl groups is 1. The first-order valence-corrected chi connectivity index (χ1v) is 12.4. The Labute approximate surface area is 208 Å². The van der Waals surface area contributed by atoms with Crippen molar-refractivity contribution >= 4 is 22.2 Å². The fraction of sp³-hybridized carbons (Fsp3) is 0.0667. The topological polar surface area (TPSA) is 48.7 Å². The van der Waals surface area contributed by atoms with Gasteiger partial charge in [0.1, 0.15) is 5.75 Å². The molecule has 0 bridgehead atoms. The van der Waals surface area contributed by atoms with Crippen molar-refractivity contribution in [2.45, 2.75) is 12.5 Å². The molecule has 1 aromatic heterocycles. The average Bonchev–Trinajstić information content (AvgIpc) is 3.58. The second-order valence-electron chi connectivity index (χ2n) is 8.53. The van der Waals surface area contributed by atoms with Gasteiger partial charge in [0.15, 0.2) is 0 Å². The highest BCUT2D eigenvalue weighted by Crippen LogP contribution is 2.39. The van der Waals surface area contributed by atoms with Crippen LogP contribution in [0.4, 0.5) is 5.13 Å². The summed E-state index contributed by atoms with van der Waals surface area (Å²) in [7, 11) is 0. The van der Waals surface area contributed by atoms with E-state index in [-0.39, 0.29) is 11.8 Å². The molecule has 5 heteroatoms. The molecule has 1 aliphatic rings. The first-order chi connectivity index (χ1) is 17.2. The molecule has 0 aliphatic carbocycles. The van der Waals surface area contributed by atoms with Crippen molar-refractivity contribution in [3.05, 3.63) is 126 Å². The summed E-state index contributed by atoms with van der Waals surface area (Å²) >= 11 is 1.61. The molecule has 5 aromatic rings. The maximum absolute atomic E-state index is 9.69. The number of rotatable bonds is 5. The summed E-state index contributed by atoms with van der Waals surface area (Å²) in [5.41, 5.74) is 7.64. The quantitative estimate of drug-likeness (QED) is 0.287. The van der Waals surface area contributed by atoms with E-state index in [4.69, 9.17) is 10.1 Å². The highest BCUT2D eigenvalue weighted by Gasteiger charge is 2.31. The number of phenolic OH excluding ortho intramolecular Hbond substituents is 1. The molecule has 1 unspecified atom stereocenters. The predicted molar refractivity (Wildman–Crippen MR) is 144 cm³/mol. The van der Waals surface area contributed by atoms with E-state index in [1.807, 2.05) is 29.3 Å². The lowest BCUT2D eigenvalue weighted by molar-refractivity contribution is 0.475. The van der Waals surface area contributed by atoms with Gasteiger partial charge in [0.25, 0.3) is 0 Å². The number of anilines is 1. The monoisotopic (exact) mass is 473 g/mol. The molecule has 0 radical (unpaired) electrons. The fourth-order valence-electron chi connectivity index (χ4n) is 4.42. The number of phenols is 1. The normalized spacial score (nSPS) is 15.3. The number of benzene rings is 4. The molecule has 0 spiro atoms. The number of aromatic nitrogens is 1. The van der Waals surface area contributed by atoms with Crippen molar-refractivity contribution in [1.29, 1.82) is 0 Å². The van der Waals surface area contributed by atoms with Gasteiger partial charge in [-0.2, -0.15) is 5.10 Å². The number of hydrogen-bond donors (Lipinski definition) is 1. The molecule has 1 aliphatic heterocycles. The summed E-state index contributed by atoms with van der Waals surface area (Å²) in [4.78, 5) is 4.98. The number of hydrazone groups is 1. The molecule has 2 heterocycles. The summed E-state index contributed by atoms with van der Waals surface area (Å²) in [5, 5.41) is 19.7. The Kier molecular flexibility index (Phi) is 5.60. The van der Waals surface area contributed by atoms with Crippen LogP contribution < -0.4 is 5.01 Å². The Balaban J connectivity index is 1.32. The van der Waals surface area contributed by atoms with Crippen LogP contribution in [0.1, 0.15) is 23.6 Å². The standard InChI is InChI=1S/C30H23N3OS/c34-26-17-15-23(16-18-26)27-19-29(25-9-5-2-6-10-25)33(32-27)30-31-28(20-35-30)24-13-11-22(12-14-24)21-7-3-1-4-8-21/h1-18,20,29,34H,19H2. The van der Waals surface area contributed by atoms with Gasteiger partial charge in [0.2, 0.25) is 5.13 Å². The molecule has 1 atom stereocenters. The average molecular weight is 474 g/mol. The van der Waals surface area contributed by atoms with Crippen LogP contribution in [0.15, 0.2) is 120 Å². The molecule has 0 saturated carbocycles. The Morgan fingerprint density at radius 3 is 2.00 bits per heavy atom. The molecule has 4 aromatic carbocycles. The molecule has 1 N–H and O–H groups in total.